The predicted molar refractivity (Wildman–Crippen MR) is 126 cm³/mol. The fourth-order valence-electron chi connectivity index (χ4n) is 4.32. The number of ether oxygens (including phenoxy) is 2. The molecule has 0 unspecified atom stereocenters. The van der Waals surface area contributed by atoms with Gasteiger partial charge in [0.2, 0.25) is 0 Å². The molecule has 1 aromatic carbocycles. The average molecular weight is 462 g/mol. The molecule has 0 aliphatic carbocycles. The van der Waals surface area contributed by atoms with Gasteiger partial charge in [-0.1, -0.05) is 12.1 Å². The number of hydrogen-bond acceptors (Lipinski definition) is 8. The summed E-state index contributed by atoms with van der Waals surface area (Å²) >= 11 is 0. The number of hydrogen-bond donors (Lipinski definition) is 0. The lowest BCUT2D eigenvalue weighted by Gasteiger charge is -2.30. The largest absolute Gasteiger partial charge is 0.378 e. The molecule has 0 atom stereocenters. The zero-order chi connectivity index (χ0) is 22.9. The molecule has 2 saturated heterocycles. The van der Waals surface area contributed by atoms with Gasteiger partial charge < -0.3 is 19.3 Å². The lowest BCUT2D eigenvalue weighted by molar-refractivity contribution is 0.122. The Morgan fingerprint density at radius 3 is 2.35 bits per heavy atom. The minimum Gasteiger partial charge on any atom is -0.378 e. The lowest BCUT2D eigenvalue weighted by atomic mass is 10.1. The monoisotopic (exact) mass is 461 g/mol. The van der Waals surface area contributed by atoms with Gasteiger partial charge in [-0.3, -0.25) is 0 Å². The minimum atomic E-state index is -0.319. The number of rotatable bonds is 4. The molecule has 2 aliphatic heterocycles. The highest BCUT2D eigenvalue weighted by Gasteiger charge is 2.21. The van der Waals surface area contributed by atoms with Crippen LogP contribution >= 0.6 is 0 Å². The zero-order valence-corrected chi connectivity index (χ0v) is 18.6. The van der Waals surface area contributed by atoms with E-state index in [0.29, 0.717) is 43.6 Å². The molecule has 34 heavy (non-hydrogen) atoms. The molecule has 0 radical (unpaired) electrons. The summed E-state index contributed by atoms with van der Waals surface area (Å²) in [6.45, 7) is 5.71. The van der Waals surface area contributed by atoms with Gasteiger partial charge in [0.25, 0.3) is 5.95 Å². The van der Waals surface area contributed by atoms with Gasteiger partial charge in [-0.05, 0) is 24.3 Å². The van der Waals surface area contributed by atoms with Gasteiger partial charge in [0.15, 0.2) is 5.82 Å². The number of benzene rings is 1. The Balaban J connectivity index is 1.45. The van der Waals surface area contributed by atoms with Crippen molar-refractivity contribution in [3.05, 3.63) is 54.6 Å². The molecule has 0 amide bonds. The van der Waals surface area contributed by atoms with Crippen LogP contribution in [-0.2, 0) is 9.47 Å². The van der Waals surface area contributed by atoms with Crippen LogP contribution in [-0.4, -0.2) is 77.3 Å². The Morgan fingerprint density at radius 2 is 1.59 bits per heavy atom. The summed E-state index contributed by atoms with van der Waals surface area (Å²) < 4.78 is 26.9. The van der Waals surface area contributed by atoms with Crippen LogP contribution in [0.2, 0.25) is 0 Å². The highest BCUT2D eigenvalue weighted by molar-refractivity contribution is 5.88. The third-order valence-corrected chi connectivity index (χ3v) is 6.12. The van der Waals surface area contributed by atoms with Crippen molar-refractivity contribution in [2.45, 2.75) is 0 Å². The zero-order valence-electron chi connectivity index (χ0n) is 18.6. The molecule has 6 rings (SSSR count). The van der Waals surface area contributed by atoms with E-state index in [2.05, 4.69) is 14.9 Å². The molecular formula is C24H24FN7O2. The van der Waals surface area contributed by atoms with E-state index in [4.69, 9.17) is 24.4 Å². The Morgan fingerprint density at radius 1 is 0.853 bits per heavy atom. The molecule has 9 nitrogen and oxygen atoms in total. The topological polar surface area (TPSA) is 81.4 Å². The van der Waals surface area contributed by atoms with Crippen molar-refractivity contribution in [3.63, 3.8) is 0 Å². The number of fused-ring (bicyclic) bond motifs is 1. The van der Waals surface area contributed by atoms with Gasteiger partial charge in [0, 0.05) is 37.9 Å². The van der Waals surface area contributed by atoms with E-state index in [0.717, 1.165) is 48.7 Å². The van der Waals surface area contributed by atoms with E-state index >= 15 is 0 Å². The molecule has 0 spiro atoms. The summed E-state index contributed by atoms with van der Waals surface area (Å²) in [5.74, 6) is 0.845. The molecular weight excluding hydrogens is 437 g/mol. The first-order valence-electron chi connectivity index (χ1n) is 11.4. The molecule has 0 bridgehead atoms. The third kappa shape index (κ3) is 3.95. The average Bonchev–Trinajstić information content (AvgIpc) is 3.39. The van der Waals surface area contributed by atoms with Crippen molar-refractivity contribution >= 4 is 22.5 Å². The quantitative estimate of drug-likeness (QED) is 0.459. The first-order valence-corrected chi connectivity index (χ1v) is 11.4. The Hall–Kier alpha value is -3.63. The van der Waals surface area contributed by atoms with Crippen LogP contribution in [0.4, 0.5) is 15.9 Å². The minimum absolute atomic E-state index is 0.319. The van der Waals surface area contributed by atoms with E-state index in [1.807, 2.05) is 12.3 Å². The fraction of sp³-hybridized carbons (Fsp3) is 0.333. The van der Waals surface area contributed by atoms with Crippen LogP contribution in [0.1, 0.15) is 0 Å². The normalized spacial score (nSPS) is 16.9. The standard InChI is InChI=1S/C24H24FN7O2/c25-19-4-2-1-3-18(19)20-5-6-32(29-20)24-27-21-15-17(30-7-11-33-12-8-30)16-26-22(21)23(28-24)31-9-13-34-14-10-31/h1-6,15-16H,7-14H2. The van der Waals surface area contributed by atoms with Crippen molar-refractivity contribution in [3.8, 4) is 17.2 Å². The first-order chi connectivity index (χ1) is 16.8. The van der Waals surface area contributed by atoms with Crippen LogP contribution in [0.15, 0.2) is 48.8 Å². The predicted octanol–water partition coefficient (Wildman–Crippen LogP) is 2.69. The smallest absolute Gasteiger partial charge is 0.253 e. The van der Waals surface area contributed by atoms with Gasteiger partial charge in [-0.2, -0.15) is 10.1 Å². The molecule has 4 aromatic rings. The second-order valence-corrected chi connectivity index (χ2v) is 8.23. The number of anilines is 2. The van der Waals surface area contributed by atoms with Crippen molar-refractivity contribution in [2.24, 2.45) is 0 Å². The van der Waals surface area contributed by atoms with E-state index in [1.165, 1.54) is 6.07 Å². The van der Waals surface area contributed by atoms with Crippen LogP contribution in [0.5, 0.6) is 0 Å². The molecule has 2 fully saturated rings. The summed E-state index contributed by atoms with van der Waals surface area (Å²) in [4.78, 5) is 18.8. The maximum absolute atomic E-state index is 14.3. The molecule has 0 N–H and O–H groups in total. The third-order valence-electron chi connectivity index (χ3n) is 6.12. The van der Waals surface area contributed by atoms with Crippen molar-refractivity contribution in [2.75, 3.05) is 62.4 Å². The first kappa shape index (κ1) is 20.9. The molecule has 174 valence electrons. The maximum atomic E-state index is 14.3. The van der Waals surface area contributed by atoms with E-state index in [1.54, 1.807) is 35.1 Å². The number of halogens is 1. The van der Waals surface area contributed by atoms with Crippen LogP contribution in [0, 0.1) is 5.82 Å². The molecule has 5 heterocycles. The van der Waals surface area contributed by atoms with Crippen molar-refractivity contribution in [1.29, 1.82) is 0 Å². The number of aromatic nitrogens is 5. The maximum Gasteiger partial charge on any atom is 0.253 e. The van der Waals surface area contributed by atoms with E-state index in [-0.39, 0.29) is 5.82 Å². The Bertz CT molecular complexity index is 1320. The summed E-state index contributed by atoms with van der Waals surface area (Å²) in [7, 11) is 0. The summed E-state index contributed by atoms with van der Waals surface area (Å²) in [6, 6.07) is 10.4. The summed E-state index contributed by atoms with van der Waals surface area (Å²) in [5, 5.41) is 4.58. The SMILES string of the molecule is Fc1ccccc1-c1ccn(-c2nc(N3CCOCC3)c3ncc(N4CCOCC4)cc3n2)n1. The highest BCUT2D eigenvalue weighted by Crippen LogP contribution is 2.28. The fourth-order valence-corrected chi connectivity index (χ4v) is 4.32. The van der Waals surface area contributed by atoms with E-state index < -0.39 is 0 Å². The van der Waals surface area contributed by atoms with Crippen LogP contribution in [0.25, 0.3) is 28.2 Å². The van der Waals surface area contributed by atoms with Gasteiger partial charge in [0.1, 0.15) is 11.3 Å². The van der Waals surface area contributed by atoms with Crippen molar-refractivity contribution in [1.82, 2.24) is 24.7 Å². The lowest BCUT2D eigenvalue weighted by Crippen LogP contribution is -2.37. The second kappa shape index (κ2) is 8.96. The summed E-state index contributed by atoms with van der Waals surface area (Å²) in [5.41, 5.74) is 3.44. The van der Waals surface area contributed by atoms with Crippen molar-refractivity contribution < 1.29 is 13.9 Å². The van der Waals surface area contributed by atoms with Crippen LogP contribution < -0.4 is 9.80 Å². The number of morpholine rings is 2. The molecule has 0 saturated carbocycles. The van der Waals surface area contributed by atoms with Gasteiger partial charge >= 0.3 is 0 Å². The van der Waals surface area contributed by atoms with E-state index in [9.17, 15) is 4.39 Å². The number of pyridine rings is 1. The molecule has 3 aromatic heterocycles. The Labute approximate surface area is 195 Å². The highest BCUT2D eigenvalue weighted by atomic mass is 19.1. The molecule has 10 heteroatoms. The van der Waals surface area contributed by atoms with Crippen LogP contribution in [0.3, 0.4) is 0 Å². The molecule has 2 aliphatic rings. The van der Waals surface area contributed by atoms with Gasteiger partial charge in [-0.15, -0.1) is 0 Å². The van der Waals surface area contributed by atoms with Gasteiger partial charge in [0.05, 0.1) is 49.5 Å². The Kier molecular flexibility index (Phi) is 5.52. The number of nitrogens with zero attached hydrogens (tertiary/aromatic N) is 7. The summed E-state index contributed by atoms with van der Waals surface area (Å²) in [6.07, 6.45) is 3.64. The second-order valence-electron chi connectivity index (χ2n) is 8.23. The van der Waals surface area contributed by atoms with Gasteiger partial charge in [-0.25, -0.2) is 19.0 Å².